The summed E-state index contributed by atoms with van der Waals surface area (Å²) in [5, 5.41) is 3.87. The lowest BCUT2D eigenvalue weighted by Gasteiger charge is -2.11. The molecule has 0 atom stereocenters. The highest BCUT2D eigenvalue weighted by Gasteiger charge is 2.12. The fourth-order valence-electron chi connectivity index (χ4n) is 2.85. The van der Waals surface area contributed by atoms with Crippen molar-refractivity contribution in [1.82, 2.24) is 5.16 Å². The van der Waals surface area contributed by atoms with Crippen molar-refractivity contribution in [3.63, 3.8) is 0 Å². The predicted octanol–water partition coefficient (Wildman–Crippen LogP) is 4.65. The molecule has 0 amide bonds. The molecule has 0 bridgehead atoms. The highest BCUT2D eigenvalue weighted by molar-refractivity contribution is 5.71. The second-order valence-electron chi connectivity index (χ2n) is 6.38. The quantitative estimate of drug-likeness (QED) is 0.409. The van der Waals surface area contributed by atoms with E-state index >= 15 is 0 Å². The number of benzene rings is 2. The molecule has 146 valence electrons. The lowest BCUT2D eigenvalue weighted by molar-refractivity contribution is -0.147. The van der Waals surface area contributed by atoms with Crippen LogP contribution < -0.4 is 4.74 Å². The molecular weight excluding hydrogens is 370 g/mol. The maximum Gasteiger partial charge on any atom is 0.344 e. The Kier molecular flexibility index (Phi) is 5.71. The minimum absolute atomic E-state index is 0.00192. The molecule has 0 saturated heterocycles. The molecule has 6 nitrogen and oxygen atoms in total. The average Bonchev–Trinajstić information content (AvgIpc) is 3.44. The van der Waals surface area contributed by atoms with Gasteiger partial charge in [-0.3, -0.25) is 0 Å². The van der Waals surface area contributed by atoms with Crippen LogP contribution in [-0.4, -0.2) is 17.7 Å². The van der Waals surface area contributed by atoms with Crippen molar-refractivity contribution in [3.05, 3.63) is 95.9 Å². The molecule has 2 aromatic heterocycles. The van der Waals surface area contributed by atoms with Crippen molar-refractivity contribution >= 4 is 5.97 Å². The summed E-state index contributed by atoms with van der Waals surface area (Å²) in [6.45, 7) is -0.188. The zero-order valence-electron chi connectivity index (χ0n) is 15.6. The summed E-state index contributed by atoms with van der Waals surface area (Å²) < 4.78 is 21.3. The van der Waals surface area contributed by atoms with Crippen LogP contribution in [0.5, 0.6) is 5.75 Å². The third-order valence-corrected chi connectivity index (χ3v) is 4.26. The Morgan fingerprint density at radius 2 is 1.76 bits per heavy atom. The van der Waals surface area contributed by atoms with Crippen molar-refractivity contribution in [1.29, 1.82) is 0 Å². The van der Waals surface area contributed by atoms with E-state index < -0.39 is 5.97 Å². The van der Waals surface area contributed by atoms with Gasteiger partial charge in [-0.2, -0.15) is 0 Å². The van der Waals surface area contributed by atoms with E-state index in [-0.39, 0.29) is 13.2 Å². The molecule has 0 aliphatic carbocycles. The average molecular weight is 389 g/mol. The van der Waals surface area contributed by atoms with Crippen LogP contribution in [0, 0.1) is 0 Å². The molecule has 0 aliphatic rings. The van der Waals surface area contributed by atoms with Crippen molar-refractivity contribution in [3.8, 4) is 17.3 Å². The van der Waals surface area contributed by atoms with Crippen molar-refractivity contribution < 1.29 is 23.2 Å². The van der Waals surface area contributed by atoms with Crippen LogP contribution in [0.3, 0.4) is 0 Å². The van der Waals surface area contributed by atoms with E-state index in [4.69, 9.17) is 18.4 Å². The first-order valence-electron chi connectivity index (χ1n) is 9.17. The Morgan fingerprint density at radius 1 is 0.931 bits per heavy atom. The zero-order chi connectivity index (χ0) is 19.9. The van der Waals surface area contributed by atoms with E-state index in [1.165, 1.54) is 5.56 Å². The number of para-hydroxylation sites is 1. The van der Waals surface area contributed by atoms with Gasteiger partial charge in [-0.15, -0.1) is 0 Å². The zero-order valence-corrected chi connectivity index (χ0v) is 15.6. The van der Waals surface area contributed by atoms with E-state index in [1.54, 1.807) is 24.5 Å². The number of aromatic nitrogens is 1. The third-order valence-electron chi connectivity index (χ3n) is 4.26. The van der Waals surface area contributed by atoms with Gasteiger partial charge in [0.15, 0.2) is 12.4 Å². The normalized spacial score (nSPS) is 10.6. The second-order valence-corrected chi connectivity index (χ2v) is 6.38. The van der Waals surface area contributed by atoms with Crippen LogP contribution >= 0.6 is 0 Å². The summed E-state index contributed by atoms with van der Waals surface area (Å²) in [5.74, 6) is 1.22. The Bertz CT molecular complexity index is 1050. The maximum absolute atomic E-state index is 12.1. The lowest BCUT2D eigenvalue weighted by atomic mass is 10.0. The van der Waals surface area contributed by atoms with Gasteiger partial charge in [0.25, 0.3) is 0 Å². The summed E-state index contributed by atoms with van der Waals surface area (Å²) in [6, 6.07) is 22.9. The number of nitrogens with zero attached hydrogens (tertiary/aromatic N) is 1. The van der Waals surface area contributed by atoms with Gasteiger partial charge in [0.1, 0.15) is 18.1 Å². The Labute approximate surface area is 167 Å². The van der Waals surface area contributed by atoms with Gasteiger partial charge in [-0.05, 0) is 29.3 Å². The van der Waals surface area contributed by atoms with E-state index in [2.05, 4.69) is 17.3 Å². The highest BCUT2D eigenvalue weighted by Crippen LogP contribution is 2.22. The summed E-state index contributed by atoms with van der Waals surface area (Å²) in [6.07, 6.45) is 2.27. The summed E-state index contributed by atoms with van der Waals surface area (Å²) in [5.41, 5.74) is 2.67. The van der Waals surface area contributed by atoms with E-state index in [1.807, 2.05) is 42.5 Å². The Morgan fingerprint density at radius 3 is 2.59 bits per heavy atom. The number of ether oxygens (including phenoxy) is 2. The number of carbonyl (C=O) groups excluding carboxylic acids is 1. The van der Waals surface area contributed by atoms with Gasteiger partial charge in [-0.1, -0.05) is 53.7 Å². The third kappa shape index (κ3) is 4.93. The molecule has 0 unspecified atom stereocenters. The van der Waals surface area contributed by atoms with Gasteiger partial charge in [0, 0.05) is 12.5 Å². The highest BCUT2D eigenvalue weighted by atomic mass is 16.6. The molecule has 0 fully saturated rings. The van der Waals surface area contributed by atoms with E-state index in [9.17, 15) is 4.79 Å². The van der Waals surface area contributed by atoms with Crippen molar-refractivity contribution in [2.75, 3.05) is 6.61 Å². The fraction of sp³-hybridized carbons (Fsp3) is 0.130. The topological polar surface area (TPSA) is 74.7 Å². The van der Waals surface area contributed by atoms with E-state index in [0.29, 0.717) is 23.0 Å². The fourth-order valence-corrected chi connectivity index (χ4v) is 2.85. The number of carbonyl (C=O) groups is 1. The van der Waals surface area contributed by atoms with Crippen LogP contribution in [-0.2, 0) is 22.6 Å². The molecule has 0 aliphatic heterocycles. The summed E-state index contributed by atoms with van der Waals surface area (Å²) >= 11 is 0. The number of furan rings is 1. The van der Waals surface area contributed by atoms with Crippen molar-refractivity contribution in [2.24, 2.45) is 0 Å². The van der Waals surface area contributed by atoms with Gasteiger partial charge >= 0.3 is 5.97 Å². The summed E-state index contributed by atoms with van der Waals surface area (Å²) in [7, 11) is 0. The van der Waals surface area contributed by atoms with Gasteiger partial charge in [0.2, 0.25) is 5.76 Å². The molecular formula is C23H19NO5. The predicted molar refractivity (Wildman–Crippen MR) is 105 cm³/mol. The second kappa shape index (κ2) is 8.93. The minimum atomic E-state index is -0.484. The Hall–Kier alpha value is -3.80. The first-order valence-corrected chi connectivity index (χ1v) is 9.17. The van der Waals surface area contributed by atoms with Crippen LogP contribution in [0.1, 0.15) is 16.8 Å². The minimum Gasteiger partial charge on any atom is -0.482 e. The van der Waals surface area contributed by atoms with Gasteiger partial charge in [0.05, 0.1) is 6.26 Å². The smallest absolute Gasteiger partial charge is 0.344 e. The molecule has 0 N–H and O–H groups in total. The standard InChI is InChI=1S/C23H19NO5/c25-23(28-15-19-14-22(29-24-19)21-11-6-12-26-21)16-27-20-10-5-4-9-18(20)13-17-7-2-1-3-8-17/h1-12,14H,13,15-16H2. The van der Waals surface area contributed by atoms with Gasteiger partial charge in [-0.25, -0.2) is 4.79 Å². The molecule has 6 heteroatoms. The molecule has 2 heterocycles. The van der Waals surface area contributed by atoms with Crippen LogP contribution in [0.25, 0.3) is 11.5 Å². The summed E-state index contributed by atoms with van der Waals surface area (Å²) in [4.78, 5) is 12.1. The van der Waals surface area contributed by atoms with E-state index in [0.717, 1.165) is 12.0 Å². The van der Waals surface area contributed by atoms with Gasteiger partial charge < -0.3 is 18.4 Å². The molecule has 4 rings (SSSR count). The number of hydrogen-bond donors (Lipinski definition) is 0. The molecule has 0 radical (unpaired) electrons. The number of hydrogen-bond acceptors (Lipinski definition) is 6. The van der Waals surface area contributed by atoms with Crippen LogP contribution in [0.2, 0.25) is 0 Å². The maximum atomic E-state index is 12.1. The van der Waals surface area contributed by atoms with Crippen molar-refractivity contribution in [2.45, 2.75) is 13.0 Å². The molecule has 0 spiro atoms. The van der Waals surface area contributed by atoms with Crippen LogP contribution in [0.4, 0.5) is 0 Å². The SMILES string of the molecule is O=C(COc1ccccc1Cc1ccccc1)OCc1cc(-c2ccco2)on1. The largest absolute Gasteiger partial charge is 0.482 e. The number of rotatable bonds is 8. The lowest BCUT2D eigenvalue weighted by Crippen LogP contribution is -2.15. The molecule has 0 saturated carbocycles. The molecule has 2 aromatic carbocycles. The monoisotopic (exact) mass is 389 g/mol. The molecule has 4 aromatic rings. The van der Waals surface area contributed by atoms with Crippen LogP contribution in [0.15, 0.2) is 88.0 Å². The number of esters is 1. The first-order chi connectivity index (χ1) is 14.3. The molecule has 29 heavy (non-hydrogen) atoms. The first kappa shape index (κ1) is 18.6. The Balaban J connectivity index is 1.30.